The summed E-state index contributed by atoms with van der Waals surface area (Å²) in [6.45, 7) is 4.36. The zero-order valence-corrected chi connectivity index (χ0v) is 8.90. The minimum Gasteiger partial charge on any atom is -0.388 e. The van der Waals surface area contributed by atoms with Gasteiger partial charge in [0.2, 0.25) is 0 Å². The molecule has 1 atom stereocenters. The second-order valence-electron chi connectivity index (χ2n) is 4.57. The van der Waals surface area contributed by atoms with Crippen LogP contribution in [0, 0.1) is 5.92 Å². The third-order valence-corrected chi connectivity index (χ3v) is 3.01. The monoisotopic (exact) mass is 190 g/mol. The summed E-state index contributed by atoms with van der Waals surface area (Å²) in [5, 5.41) is 10.1. The van der Waals surface area contributed by atoms with Gasteiger partial charge in [-0.1, -0.05) is 38.1 Å². The molecule has 1 aromatic carbocycles. The maximum Gasteiger partial charge on any atom is 0.0820 e. The zero-order chi connectivity index (χ0) is 10.1. The highest BCUT2D eigenvalue weighted by molar-refractivity contribution is 5.32. The number of aliphatic hydroxyl groups excluding tert-OH is 1. The Hall–Kier alpha value is -0.820. The van der Waals surface area contributed by atoms with Crippen molar-refractivity contribution in [2.75, 3.05) is 0 Å². The van der Waals surface area contributed by atoms with E-state index in [2.05, 4.69) is 32.0 Å². The summed E-state index contributed by atoms with van der Waals surface area (Å²) >= 11 is 0. The highest BCUT2D eigenvalue weighted by Crippen LogP contribution is 2.42. The lowest BCUT2D eigenvalue weighted by Gasteiger charge is -2.17. The third kappa shape index (κ3) is 1.83. The Morgan fingerprint density at radius 2 is 1.71 bits per heavy atom. The van der Waals surface area contributed by atoms with Gasteiger partial charge in [0.1, 0.15) is 0 Å². The van der Waals surface area contributed by atoms with E-state index in [1.165, 1.54) is 18.4 Å². The van der Waals surface area contributed by atoms with Crippen molar-refractivity contribution in [3.8, 4) is 0 Å². The standard InChI is InChI=1S/C13H18O/c1-9(2)11-5-3-4-6-12(11)13(14)10-7-8-10/h3-6,9-10,13-14H,7-8H2,1-2H3. The Morgan fingerprint density at radius 1 is 1.14 bits per heavy atom. The van der Waals surface area contributed by atoms with Crippen LogP contribution >= 0.6 is 0 Å². The molecule has 14 heavy (non-hydrogen) atoms. The van der Waals surface area contributed by atoms with Crippen LogP contribution in [0.25, 0.3) is 0 Å². The average molecular weight is 190 g/mol. The summed E-state index contributed by atoms with van der Waals surface area (Å²) in [7, 11) is 0. The predicted octanol–water partition coefficient (Wildman–Crippen LogP) is 3.25. The number of rotatable bonds is 3. The van der Waals surface area contributed by atoms with E-state index in [9.17, 15) is 5.11 Å². The molecule has 1 unspecified atom stereocenters. The fraction of sp³-hybridized carbons (Fsp3) is 0.538. The van der Waals surface area contributed by atoms with Gasteiger partial charge in [0.15, 0.2) is 0 Å². The van der Waals surface area contributed by atoms with Crippen molar-refractivity contribution >= 4 is 0 Å². The fourth-order valence-electron chi connectivity index (χ4n) is 1.97. The summed E-state index contributed by atoms with van der Waals surface area (Å²) in [5.74, 6) is 1.02. The molecule has 0 saturated heterocycles. The molecule has 1 heteroatoms. The molecule has 1 N–H and O–H groups in total. The number of hydrogen-bond acceptors (Lipinski definition) is 1. The van der Waals surface area contributed by atoms with Gasteiger partial charge >= 0.3 is 0 Å². The summed E-state index contributed by atoms with van der Waals surface area (Å²) < 4.78 is 0. The molecule has 0 bridgehead atoms. The molecule has 1 nitrogen and oxygen atoms in total. The first-order valence-electron chi connectivity index (χ1n) is 5.47. The first-order chi connectivity index (χ1) is 6.70. The number of hydrogen-bond donors (Lipinski definition) is 1. The highest BCUT2D eigenvalue weighted by atomic mass is 16.3. The normalized spacial score (nSPS) is 18.6. The van der Waals surface area contributed by atoms with Gasteiger partial charge in [-0.2, -0.15) is 0 Å². The molecule has 0 spiro atoms. The molecule has 0 amide bonds. The second-order valence-corrected chi connectivity index (χ2v) is 4.57. The van der Waals surface area contributed by atoms with Gasteiger partial charge in [-0.05, 0) is 35.8 Å². The summed E-state index contributed by atoms with van der Waals surface area (Å²) in [5.41, 5.74) is 2.44. The van der Waals surface area contributed by atoms with Gasteiger partial charge in [-0.3, -0.25) is 0 Å². The fourth-order valence-corrected chi connectivity index (χ4v) is 1.97. The molecule has 0 aromatic heterocycles. The average Bonchev–Trinajstić information content (AvgIpc) is 3.00. The number of aliphatic hydroxyl groups is 1. The number of benzene rings is 1. The predicted molar refractivity (Wildman–Crippen MR) is 58.2 cm³/mol. The summed E-state index contributed by atoms with van der Waals surface area (Å²) in [6.07, 6.45) is 2.15. The quantitative estimate of drug-likeness (QED) is 0.775. The van der Waals surface area contributed by atoms with Crippen LogP contribution in [-0.4, -0.2) is 5.11 Å². The molecule has 1 aromatic rings. The van der Waals surface area contributed by atoms with Crippen molar-refractivity contribution in [1.29, 1.82) is 0 Å². The first kappa shape index (κ1) is 9.72. The van der Waals surface area contributed by atoms with E-state index in [1.54, 1.807) is 0 Å². The molecule has 0 heterocycles. The van der Waals surface area contributed by atoms with Crippen molar-refractivity contribution in [2.45, 2.75) is 38.7 Å². The van der Waals surface area contributed by atoms with Crippen molar-refractivity contribution in [1.82, 2.24) is 0 Å². The molecule has 76 valence electrons. The van der Waals surface area contributed by atoms with Crippen molar-refractivity contribution in [2.24, 2.45) is 5.92 Å². The van der Waals surface area contributed by atoms with E-state index in [0.29, 0.717) is 11.8 Å². The van der Waals surface area contributed by atoms with Crippen LogP contribution in [0.3, 0.4) is 0 Å². The van der Waals surface area contributed by atoms with E-state index >= 15 is 0 Å². The molecule has 2 rings (SSSR count). The van der Waals surface area contributed by atoms with E-state index < -0.39 is 0 Å². The van der Waals surface area contributed by atoms with Gasteiger partial charge in [0.05, 0.1) is 6.10 Å². The molecular weight excluding hydrogens is 172 g/mol. The minimum absolute atomic E-state index is 0.228. The largest absolute Gasteiger partial charge is 0.388 e. The molecule has 1 aliphatic carbocycles. The molecule has 1 aliphatic rings. The van der Waals surface area contributed by atoms with Crippen molar-refractivity contribution < 1.29 is 5.11 Å². The molecule has 0 radical (unpaired) electrons. The molecule has 1 fully saturated rings. The SMILES string of the molecule is CC(C)c1ccccc1C(O)C1CC1. The van der Waals surface area contributed by atoms with E-state index in [-0.39, 0.29) is 6.10 Å². The van der Waals surface area contributed by atoms with Gasteiger partial charge < -0.3 is 5.11 Å². The Kier molecular flexibility index (Phi) is 2.60. The molecule has 0 aliphatic heterocycles. The lowest BCUT2D eigenvalue weighted by atomic mass is 9.92. The third-order valence-electron chi connectivity index (χ3n) is 3.01. The van der Waals surface area contributed by atoms with Gasteiger partial charge in [0.25, 0.3) is 0 Å². The van der Waals surface area contributed by atoms with Crippen LogP contribution in [0.4, 0.5) is 0 Å². The smallest absolute Gasteiger partial charge is 0.0820 e. The van der Waals surface area contributed by atoms with Gasteiger partial charge in [-0.25, -0.2) is 0 Å². The Labute approximate surface area is 85.8 Å². The molecular formula is C13H18O. The second kappa shape index (κ2) is 3.74. The Balaban J connectivity index is 2.30. The highest BCUT2D eigenvalue weighted by Gasteiger charge is 2.31. The summed E-state index contributed by atoms with van der Waals surface area (Å²) in [6, 6.07) is 8.27. The van der Waals surface area contributed by atoms with Crippen molar-refractivity contribution in [3.63, 3.8) is 0 Å². The van der Waals surface area contributed by atoms with Crippen LogP contribution in [0.5, 0.6) is 0 Å². The maximum atomic E-state index is 10.1. The lowest BCUT2D eigenvalue weighted by molar-refractivity contribution is 0.152. The lowest BCUT2D eigenvalue weighted by Crippen LogP contribution is -2.04. The minimum atomic E-state index is -0.228. The van der Waals surface area contributed by atoms with E-state index in [0.717, 1.165) is 5.56 Å². The molecule has 1 saturated carbocycles. The topological polar surface area (TPSA) is 20.2 Å². The maximum absolute atomic E-state index is 10.1. The Bertz CT molecular complexity index is 313. The van der Waals surface area contributed by atoms with Crippen LogP contribution in [0.15, 0.2) is 24.3 Å². The summed E-state index contributed by atoms with van der Waals surface area (Å²) in [4.78, 5) is 0. The Morgan fingerprint density at radius 3 is 2.21 bits per heavy atom. The van der Waals surface area contributed by atoms with E-state index in [1.807, 2.05) is 6.07 Å². The van der Waals surface area contributed by atoms with Crippen LogP contribution < -0.4 is 0 Å². The van der Waals surface area contributed by atoms with Gasteiger partial charge in [-0.15, -0.1) is 0 Å². The van der Waals surface area contributed by atoms with Crippen LogP contribution in [-0.2, 0) is 0 Å². The van der Waals surface area contributed by atoms with Crippen molar-refractivity contribution in [3.05, 3.63) is 35.4 Å². The van der Waals surface area contributed by atoms with Crippen LogP contribution in [0.1, 0.15) is 49.8 Å². The zero-order valence-electron chi connectivity index (χ0n) is 8.90. The van der Waals surface area contributed by atoms with E-state index in [4.69, 9.17) is 0 Å². The van der Waals surface area contributed by atoms with Crippen LogP contribution in [0.2, 0.25) is 0 Å². The first-order valence-corrected chi connectivity index (χ1v) is 5.47. The van der Waals surface area contributed by atoms with Gasteiger partial charge in [0, 0.05) is 0 Å².